The first kappa shape index (κ1) is 15.8. The average Bonchev–Trinajstić information content (AvgIpc) is 2.37. The molecule has 0 amide bonds. The summed E-state index contributed by atoms with van der Waals surface area (Å²) in [5.41, 5.74) is 2.23. The second-order valence-corrected chi connectivity index (χ2v) is 4.90. The molecule has 0 fully saturated rings. The number of anilines is 1. The SMILES string of the molecule is CCNC(C)c1c(OC)cccc1N(C)CC(C)O. The predicted molar refractivity (Wildman–Crippen MR) is 80.0 cm³/mol. The second-order valence-electron chi connectivity index (χ2n) is 4.90. The van der Waals surface area contributed by atoms with Crippen LogP contribution in [0.15, 0.2) is 18.2 Å². The van der Waals surface area contributed by atoms with Crippen molar-refractivity contribution >= 4 is 5.69 Å². The summed E-state index contributed by atoms with van der Waals surface area (Å²) < 4.78 is 5.48. The fourth-order valence-corrected chi connectivity index (χ4v) is 2.38. The van der Waals surface area contributed by atoms with Gasteiger partial charge in [-0.05, 0) is 32.5 Å². The molecule has 0 radical (unpaired) electrons. The lowest BCUT2D eigenvalue weighted by Gasteiger charge is -2.27. The Hall–Kier alpha value is -1.26. The maximum atomic E-state index is 9.55. The number of hydrogen-bond acceptors (Lipinski definition) is 4. The summed E-state index contributed by atoms with van der Waals surface area (Å²) in [5, 5.41) is 13.0. The Balaban J connectivity index is 3.14. The van der Waals surface area contributed by atoms with E-state index in [9.17, 15) is 5.11 Å². The molecule has 0 spiro atoms. The molecule has 0 aliphatic carbocycles. The van der Waals surface area contributed by atoms with Crippen LogP contribution in [-0.4, -0.2) is 38.5 Å². The molecule has 0 aromatic heterocycles. The molecule has 0 bridgehead atoms. The lowest BCUT2D eigenvalue weighted by molar-refractivity contribution is 0.201. The number of aliphatic hydroxyl groups is 1. The standard InChI is InChI=1S/C15H26N2O2/c1-6-16-12(3)15-13(17(4)10-11(2)18)8-7-9-14(15)19-5/h7-9,11-12,16,18H,6,10H2,1-5H3. The number of benzene rings is 1. The Morgan fingerprint density at radius 1 is 1.37 bits per heavy atom. The third kappa shape index (κ3) is 4.11. The van der Waals surface area contributed by atoms with Crippen molar-refractivity contribution in [1.82, 2.24) is 5.32 Å². The highest BCUT2D eigenvalue weighted by atomic mass is 16.5. The van der Waals surface area contributed by atoms with Crippen LogP contribution in [0.5, 0.6) is 5.75 Å². The summed E-state index contributed by atoms with van der Waals surface area (Å²) in [6.07, 6.45) is -0.363. The zero-order valence-electron chi connectivity index (χ0n) is 12.6. The van der Waals surface area contributed by atoms with Crippen LogP contribution >= 0.6 is 0 Å². The van der Waals surface area contributed by atoms with Gasteiger partial charge >= 0.3 is 0 Å². The number of ether oxygens (including phenoxy) is 1. The van der Waals surface area contributed by atoms with Crippen LogP contribution in [0, 0.1) is 0 Å². The first-order chi connectivity index (χ1) is 9.01. The molecular weight excluding hydrogens is 240 g/mol. The normalized spacial score (nSPS) is 14.0. The number of nitrogens with zero attached hydrogens (tertiary/aromatic N) is 1. The van der Waals surface area contributed by atoms with Crippen molar-refractivity contribution in [3.63, 3.8) is 0 Å². The topological polar surface area (TPSA) is 44.7 Å². The monoisotopic (exact) mass is 266 g/mol. The number of rotatable bonds is 7. The predicted octanol–water partition coefficient (Wildman–Crippen LogP) is 2.18. The minimum absolute atomic E-state index is 0.201. The number of aliphatic hydroxyl groups excluding tert-OH is 1. The van der Waals surface area contributed by atoms with Gasteiger partial charge in [0.15, 0.2) is 0 Å². The van der Waals surface area contributed by atoms with Crippen molar-refractivity contribution in [1.29, 1.82) is 0 Å². The largest absolute Gasteiger partial charge is 0.496 e. The van der Waals surface area contributed by atoms with Gasteiger partial charge in [0.1, 0.15) is 5.75 Å². The lowest BCUT2D eigenvalue weighted by Crippen LogP contribution is -2.29. The van der Waals surface area contributed by atoms with E-state index in [0.717, 1.165) is 23.5 Å². The zero-order valence-corrected chi connectivity index (χ0v) is 12.6. The van der Waals surface area contributed by atoms with Crippen molar-refractivity contribution in [3.8, 4) is 5.75 Å². The van der Waals surface area contributed by atoms with E-state index in [1.165, 1.54) is 0 Å². The fourth-order valence-electron chi connectivity index (χ4n) is 2.38. The Bertz CT molecular complexity index is 394. The van der Waals surface area contributed by atoms with Gasteiger partial charge in [-0.1, -0.05) is 13.0 Å². The highest BCUT2D eigenvalue weighted by Gasteiger charge is 2.18. The molecule has 0 aliphatic rings. The number of hydrogen-bond donors (Lipinski definition) is 2. The third-order valence-electron chi connectivity index (χ3n) is 3.16. The molecule has 0 saturated carbocycles. The van der Waals surface area contributed by atoms with E-state index in [1.807, 2.05) is 19.2 Å². The van der Waals surface area contributed by atoms with Crippen molar-refractivity contribution in [2.75, 3.05) is 32.1 Å². The van der Waals surface area contributed by atoms with E-state index in [2.05, 4.69) is 30.1 Å². The number of nitrogens with one attached hydrogen (secondary N) is 1. The smallest absolute Gasteiger partial charge is 0.125 e. The van der Waals surface area contributed by atoms with Gasteiger partial charge in [0.05, 0.1) is 13.2 Å². The third-order valence-corrected chi connectivity index (χ3v) is 3.16. The Morgan fingerprint density at radius 2 is 2.05 bits per heavy atom. The molecule has 0 heterocycles. The van der Waals surface area contributed by atoms with Crippen molar-refractivity contribution in [2.24, 2.45) is 0 Å². The van der Waals surface area contributed by atoms with Gasteiger partial charge in [-0.2, -0.15) is 0 Å². The van der Waals surface area contributed by atoms with E-state index < -0.39 is 0 Å². The molecule has 2 unspecified atom stereocenters. The first-order valence-corrected chi connectivity index (χ1v) is 6.80. The van der Waals surface area contributed by atoms with E-state index in [-0.39, 0.29) is 12.1 Å². The van der Waals surface area contributed by atoms with E-state index >= 15 is 0 Å². The maximum Gasteiger partial charge on any atom is 0.125 e. The summed E-state index contributed by atoms with van der Waals surface area (Å²) >= 11 is 0. The van der Waals surface area contributed by atoms with Gasteiger partial charge in [0.2, 0.25) is 0 Å². The number of methoxy groups -OCH3 is 1. The Labute approximate surface area is 116 Å². The maximum absolute atomic E-state index is 9.55. The first-order valence-electron chi connectivity index (χ1n) is 6.80. The zero-order chi connectivity index (χ0) is 14.4. The minimum atomic E-state index is -0.363. The average molecular weight is 266 g/mol. The number of likely N-dealkylation sites (N-methyl/N-ethyl adjacent to an activating group) is 1. The molecule has 4 nitrogen and oxygen atoms in total. The van der Waals surface area contributed by atoms with E-state index in [4.69, 9.17) is 4.74 Å². The molecule has 1 aromatic carbocycles. The molecular formula is C15H26N2O2. The molecule has 2 N–H and O–H groups in total. The van der Waals surface area contributed by atoms with Crippen LogP contribution in [0.2, 0.25) is 0 Å². The molecule has 4 heteroatoms. The summed E-state index contributed by atoms with van der Waals surface area (Å²) in [6.45, 7) is 7.51. The molecule has 2 atom stereocenters. The van der Waals surface area contributed by atoms with Gasteiger partial charge in [0, 0.05) is 30.9 Å². The second kappa shape index (κ2) is 7.36. The summed E-state index contributed by atoms with van der Waals surface area (Å²) in [7, 11) is 3.68. The van der Waals surface area contributed by atoms with Gasteiger partial charge in [0.25, 0.3) is 0 Å². The molecule has 0 aliphatic heterocycles. The van der Waals surface area contributed by atoms with Crippen molar-refractivity contribution in [3.05, 3.63) is 23.8 Å². The molecule has 19 heavy (non-hydrogen) atoms. The summed E-state index contributed by atoms with van der Waals surface area (Å²) in [5.74, 6) is 0.878. The fraction of sp³-hybridized carbons (Fsp3) is 0.600. The van der Waals surface area contributed by atoms with Gasteiger partial charge < -0.3 is 20.1 Å². The van der Waals surface area contributed by atoms with Crippen LogP contribution < -0.4 is 15.0 Å². The van der Waals surface area contributed by atoms with Crippen molar-refractivity contribution < 1.29 is 9.84 Å². The summed E-state index contributed by atoms with van der Waals surface area (Å²) in [4.78, 5) is 2.07. The minimum Gasteiger partial charge on any atom is -0.496 e. The van der Waals surface area contributed by atoms with Gasteiger partial charge in [-0.25, -0.2) is 0 Å². The summed E-state index contributed by atoms with van der Waals surface area (Å²) in [6, 6.07) is 6.22. The van der Waals surface area contributed by atoms with E-state index in [0.29, 0.717) is 6.54 Å². The lowest BCUT2D eigenvalue weighted by atomic mass is 10.0. The quantitative estimate of drug-likeness (QED) is 0.794. The van der Waals surface area contributed by atoms with Crippen molar-refractivity contribution in [2.45, 2.75) is 32.9 Å². The molecule has 1 aromatic rings. The van der Waals surface area contributed by atoms with E-state index in [1.54, 1.807) is 14.0 Å². The van der Waals surface area contributed by atoms with Crippen LogP contribution in [0.1, 0.15) is 32.4 Å². The van der Waals surface area contributed by atoms with Crippen LogP contribution in [0.3, 0.4) is 0 Å². The van der Waals surface area contributed by atoms with Gasteiger partial charge in [-0.15, -0.1) is 0 Å². The van der Waals surface area contributed by atoms with Gasteiger partial charge in [-0.3, -0.25) is 0 Å². The molecule has 1 rings (SSSR count). The van der Waals surface area contributed by atoms with Crippen LogP contribution in [0.4, 0.5) is 5.69 Å². The highest BCUT2D eigenvalue weighted by molar-refractivity contribution is 5.60. The Kier molecular flexibility index (Phi) is 6.12. The highest BCUT2D eigenvalue weighted by Crippen LogP contribution is 2.34. The molecule has 108 valence electrons. The Morgan fingerprint density at radius 3 is 2.58 bits per heavy atom. The van der Waals surface area contributed by atoms with Crippen LogP contribution in [0.25, 0.3) is 0 Å². The molecule has 0 saturated heterocycles. The van der Waals surface area contributed by atoms with Crippen LogP contribution in [-0.2, 0) is 0 Å².